The molecule has 0 fully saturated rings. The molecule has 0 aliphatic carbocycles. The van der Waals surface area contributed by atoms with Crippen molar-refractivity contribution in [2.45, 2.75) is 22.7 Å². The van der Waals surface area contributed by atoms with Gasteiger partial charge < -0.3 is 5.32 Å². The van der Waals surface area contributed by atoms with Crippen molar-refractivity contribution in [3.05, 3.63) is 53.0 Å². The Morgan fingerprint density at radius 2 is 2.08 bits per heavy atom. The van der Waals surface area contributed by atoms with E-state index in [1.807, 2.05) is 19.4 Å². The molecule has 136 valence electrons. The topological polar surface area (TPSA) is 59.8 Å². The molecule has 2 heterocycles. The van der Waals surface area contributed by atoms with E-state index in [0.717, 1.165) is 9.90 Å². The Kier molecular flexibility index (Phi) is 6.00. The molecule has 0 radical (unpaired) electrons. The van der Waals surface area contributed by atoms with Gasteiger partial charge in [-0.3, -0.25) is 9.48 Å². The summed E-state index contributed by atoms with van der Waals surface area (Å²) in [5, 5.41) is 7.93. The van der Waals surface area contributed by atoms with Crippen LogP contribution in [-0.2, 0) is 6.54 Å². The van der Waals surface area contributed by atoms with Gasteiger partial charge in [0.2, 0.25) is 0 Å². The van der Waals surface area contributed by atoms with Gasteiger partial charge in [0.1, 0.15) is 10.8 Å². The third kappa shape index (κ3) is 3.94. The van der Waals surface area contributed by atoms with Crippen LogP contribution in [0.25, 0.3) is 0 Å². The Labute approximate surface area is 163 Å². The van der Waals surface area contributed by atoms with E-state index in [1.54, 1.807) is 28.9 Å². The number of hydrogen-bond acceptors (Lipinski definition) is 6. The molecule has 26 heavy (non-hydrogen) atoms. The molecular weight excluding hydrogens is 391 g/mol. The average Bonchev–Trinajstić information content (AvgIpc) is 3.20. The van der Waals surface area contributed by atoms with E-state index in [4.69, 9.17) is 0 Å². The normalized spacial score (nSPS) is 10.9. The predicted molar refractivity (Wildman–Crippen MR) is 106 cm³/mol. The molecule has 0 unspecified atom stereocenters. The summed E-state index contributed by atoms with van der Waals surface area (Å²) in [6.45, 7) is 2.18. The number of anilines is 1. The van der Waals surface area contributed by atoms with Crippen LogP contribution in [0, 0.1) is 12.7 Å². The standard InChI is InChI=1S/C17H17FN4OS3/c1-10-8-13(20-22(10)9-11-6-4-5-7-12(11)18)19-15(23)14-16(24-2)21-26-17(14)25-3/h4-8H,9H2,1-3H3,(H,19,20,23). The summed E-state index contributed by atoms with van der Waals surface area (Å²) in [5.41, 5.74) is 1.96. The Balaban J connectivity index is 1.80. The zero-order valence-corrected chi connectivity index (χ0v) is 16.9. The number of hydrogen-bond donors (Lipinski definition) is 1. The van der Waals surface area contributed by atoms with E-state index in [2.05, 4.69) is 14.8 Å². The summed E-state index contributed by atoms with van der Waals surface area (Å²) in [4.78, 5) is 12.7. The number of rotatable bonds is 6. The van der Waals surface area contributed by atoms with Crippen molar-refractivity contribution >= 4 is 46.8 Å². The highest BCUT2D eigenvalue weighted by molar-refractivity contribution is 8.01. The summed E-state index contributed by atoms with van der Waals surface area (Å²) in [5.74, 6) is -0.0660. The van der Waals surface area contributed by atoms with E-state index >= 15 is 0 Å². The van der Waals surface area contributed by atoms with Crippen LogP contribution in [0.4, 0.5) is 10.2 Å². The molecule has 0 atom stereocenters. The average molecular weight is 409 g/mol. The third-order valence-corrected chi connectivity index (χ3v) is 6.48. The Hall–Kier alpha value is -1.84. The zero-order valence-electron chi connectivity index (χ0n) is 14.4. The van der Waals surface area contributed by atoms with E-state index in [-0.39, 0.29) is 11.7 Å². The van der Waals surface area contributed by atoms with Crippen molar-refractivity contribution in [2.75, 3.05) is 17.8 Å². The van der Waals surface area contributed by atoms with E-state index < -0.39 is 0 Å². The van der Waals surface area contributed by atoms with Crippen molar-refractivity contribution in [1.29, 1.82) is 0 Å². The predicted octanol–water partition coefficient (Wildman–Crippen LogP) is 4.53. The highest BCUT2D eigenvalue weighted by Crippen LogP contribution is 2.33. The number of benzene rings is 1. The minimum absolute atomic E-state index is 0.233. The maximum Gasteiger partial charge on any atom is 0.261 e. The van der Waals surface area contributed by atoms with Crippen LogP contribution in [0.5, 0.6) is 0 Å². The quantitative estimate of drug-likeness (QED) is 0.607. The van der Waals surface area contributed by atoms with Crippen LogP contribution in [0.2, 0.25) is 0 Å². The molecule has 3 aromatic rings. The lowest BCUT2D eigenvalue weighted by molar-refractivity contribution is 0.102. The van der Waals surface area contributed by atoms with Crippen LogP contribution in [0.3, 0.4) is 0 Å². The number of carbonyl (C=O) groups is 1. The van der Waals surface area contributed by atoms with Crippen molar-refractivity contribution in [3.63, 3.8) is 0 Å². The molecule has 0 bridgehead atoms. The molecule has 0 aliphatic heterocycles. The lowest BCUT2D eigenvalue weighted by Gasteiger charge is -2.06. The molecule has 9 heteroatoms. The first-order chi connectivity index (χ1) is 12.5. The van der Waals surface area contributed by atoms with Crippen LogP contribution < -0.4 is 5.32 Å². The van der Waals surface area contributed by atoms with Gasteiger partial charge in [-0.05, 0) is 37.0 Å². The van der Waals surface area contributed by atoms with E-state index in [9.17, 15) is 9.18 Å². The molecule has 0 saturated heterocycles. The van der Waals surface area contributed by atoms with Crippen LogP contribution in [-0.4, -0.2) is 32.6 Å². The lowest BCUT2D eigenvalue weighted by Crippen LogP contribution is -2.14. The molecule has 3 rings (SSSR count). The maximum atomic E-state index is 13.9. The Bertz CT molecular complexity index is 916. The zero-order chi connectivity index (χ0) is 18.7. The van der Waals surface area contributed by atoms with Gasteiger partial charge in [0.05, 0.1) is 16.3 Å². The molecule has 1 aromatic carbocycles. The van der Waals surface area contributed by atoms with E-state index in [1.165, 1.54) is 41.1 Å². The fourth-order valence-corrected chi connectivity index (χ4v) is 4.71. The van der Waals surface area contributed by atoms with Crippen LogP contribution >= 0.6 is 35.1 Å². The first-order valence-electron chi connectivity index (χ1n) is 7.70. The molecule has 2 aromatic heterocycles. The fourth-order valence-electron chi connectivity index (χ4n) is 2.43. The second-order valence-corrected chi connectivity index (χ2v) is 8.08. The summed E-state index contributed by atoms with van der Waals surface area (Å²) in [6.07, 6.45) is 3.81. The lowest BCUT2D eigenvalue weighted by atomic mass is 10.2. The number of nitrogens with zero attached hydrogens (tertiary/aromatic N) is 3. The summed E-state index contributed by atoms with van der Waals surface area (Å²) < 4.78 is 20.7. The van der Waals surface area contributed by atoms with Gasteiger partial charge in [0.15, 0.2) is 5.82 Å². The van der Waals surface area contributed by atoms with Gasteiger partial charge in [0, 0.05) is 17.3 Å². The summed E-state index contributed by atoms with van der Waals surface area (Å²) in [6, 6.07) is 8.37. The molecule has 5 nitrogen and oxygen atoms in total. The van der Waals surface area contributed by atoms with Crippen molar-refractivity contribution < 1.29 is 9.18 Å². The molecule has 0 saturated carbocycles. The minimum Gasteiger partial charge on any atom is -0.305 e. The van der Waals surface area contributed by atoms with E-state index in [0.29, 0.717) is 28.5 Å². The number of aryl methyl sites for hydroxylation is 1. The Morgan fingerprint density at radius 1 is 1.31 bits per heavy atom. The minimum atomic E-state index is -0.272. The van der Waals surface area contributed by atoms with Gasteiger partial charge in [-0.2, -0.15) is 9.47 Å². The fraction of sp³-hybridized carbons (Fsp3) is 0.235. The van der Waals surface area contributed by atoms with Crippen LogP contribution in [0.15, 0.2) is 39.6 Å². The van der Waals surface area contributed by atoms with Crippen molar-refractivity contribution in [2.24, 2.45) is 0 Å². The first kappa shape index (κ1) is 18.9. The molecule has 0 spiro atoms. The second-order valence-electron chi connectivity index (χ2n) is 5.43. The highest BCUT2D eigenvalue weighted by atomic mass is 32.2. The smallest absolute Gasteiger partial charge is 0.261 e. The number of carbonyl (C=O) groups excluding carboxylic acids is 1. The maximum absolute atomic E-state index is 13.9. The number of halogens is 1. The number of aromatic nitrogens is 3. The molecule has 0 aliphatic rings. The highest BCUT2D eigenvalue weighted by Gasteiger charge is 2.21. The van der Waals surface area contributed by atoms with Gasteiger partial charge in [-0.1, -0.05) is 18.2 Å². The van der Waals surface area contributed by atoms with Gasteiger partial charge in [-0.25, -0.2) is 4.39 Å². The number of thioether (sulfide) groups is 2. The largest absolute Gasteiger partial charge is 0.305 e. The van der Waals surface area contributed by atoms with Gasteiger partial charge >= 0.3 is 0 Å². The van der Waals surface area contributed by atoms with Crippen molar-refractivity contribution in [1.82, 2.24) is 14.2 Å². The first-order valence-corrected chi connectivity index (χ1v) is 10.9. The Morgan fingerprint density at radius 3 is 2.77 bits per heavy atom. The number of amides is 1. The molecule has 1 N–H and O–H groups in total. The summed E-state index contributed by atoms with van der Waals surface area (Å²) >= 11 is 4.25. The molecule has 1 amide bonds. The van der Waals surface area contributed by atoms with Gasteiger partial charge in [0.25, 0.3) is 5.91 Å². The number of nitrogens with one attached hydrogen (secondary N) is 1. The van der Waals surface area contributed by atoms with Crippen molar-refractivity contribution in [3.8, 4) is 0 Å². The monoisotopic (exact) mass is 408 g/mol. The second kappa shape index (κ2) is 8.24. The van der Waals surface area contributed by atoms with Crippen LogP contribution in [0.1, 0.15) is 21.6 Å². The van der Waals surface area contributed by atoms with Gasteiger partial charge in [-0.15, -0.1) is 23.5 Å². The molecular formula is C17H17FN4OS3. The SMILES string of the molecule is CSc1nsc(SC)c1C(=O)Nc1cc(C)n(Cc2ccccc2F)n1. The summed E-state index contributed by atoms with van der Waals surface area (Å²) in [7, 11) is 0. The third-order valence-electron chi connectivity index (χ3n) is 3.74.